The van der Waals surface area contributed by atoms with Gasteiger partial charge in [0.25, 0.3) is 0 Å². The largest absolute Gasteiger partial charge is 0.481 e. The number of aliphatic carboxylic acids is 1. The predicted molar refractivity (Wildman–Crippen MR) is 113 cm³/mol. The molecule has 3 aromatic heterocycles. The summed E-state index contributed by atoms with van der Waals surface area (Å²) < 4.78 is 8.07. The molecule has 3 heterocycles. The van der Waals surface area contributed by atoms with Crippen LogP contribution in [0, 0.1) is 18.3 Å². The summed E-state index contributed by atoms with van der Waals surface area (Å²) in [6.07, 6.45) is 11.9. The van der Waals surface area contributed by atoms with Crippen molar-refractivity contribution < 1.29 is 14.3 Å². The number of para-hydroxylation sites is 1. The number of furan rings is 1. The minimum Gasteiger partial charge on any atom is -0.481 e. The summed E-state index contributed by atoms with van der Waals surface area (Å²) in [6.45, 7) is 0. The third kappa shape index (κ3) is 2.80. The Morgan fingerprint density at radius 1 is 1.30 bits per heavy atom. The van der Waals surface area contributed by atoms with Crippen molar-refractivity contribution >= 4 is 28.3 Å². The summed E-state index contributed by atoms with van der Waals surface area (Å²) in [5, 5.41) is 10.2. The van der Waals surface area contributed by atoms with Crippen molar-refractivity contribution in [1.82, 2.24) is 14.4 Å². The van der Waals surface area contributed by atoms with Gasteiger partial charge in [0, 0.05) is 23.7 Å². The quantitative estimate of drug-likeness (QED) is 0.502. The number of nitrogens with zero attached hydrogens (tertiary/aromatic N) is 3. The molecule has 4 aromatic rings. The number of benzene rings is 1. The van der Waals surface area contributed by atoms with E-state index in [2.05, 4.69) is 10.9 Å². The highest BCUT2D eigenvalue weighted by Gasteiger charge is 2.30. The average Bonchev–Trinajstić information content (AvgIpc) is 3.36. The Balaban J connectivity index is 1.64. The molecule has 7 nitrogen and oxygen atoms in total. The summed E-state index contributed by atoms with van der Waals surface area (Å²) in [6, 6.07) is 7.58. The number of carboxylic acid groups (broad SMARTS) is 1. The Morgan fingerprint density at radius 3 is 2.83 bits per heavy atom. The van der Waals surface area contributed by atoms with Crippen LogP contribution < -0.4 is 5.73 Å². The van der Waals surface area contributed by atoms with Gasteiger partial charge in [-0.3, -0.25) is 9.20 Å². The van der Waals surface area contributed by atoms with E-state index in [1.165, 1.54) is 0 Å². The summed E-state index contributed by atoms with van der Waals surface area (Å²) >= 11 is 0. The Labute approximate surface area is 172 Å². The maximum absolute atomic E-state index is 11.3. The number of terminal acetylenes is 1. The van der Waals surface area contributed by atoms with E-state index in [1.54, 1.807) is 6.20 Å². The second-order valence-electron chi connectivity index (χ2n) is 7.72. The van der Waals surface area contributed by atoms with Gasteiger partial charge in [-0.1, -0.05) is 18.1 Å². The number of anilines is 1. The topological polar surface area (TPSA) is 107 Å². The summed E-state index contributed by atoms with van der Waals surface area (Å²) in [5.74, 6) is 3.60. The van der Waals surface area contributed by atoms with E-state index in [0.29, 0.717) is 46.8 Å². The molecule has 0 saturated heterocycles. The van der Waals surface area contributed by atoms with E-state index in [0.717, 1.165) is 24.1 Å². The van der Waals surface area contributed by atoms with E-state index in [1.807, 2.05) is 34.9 Å². The monoisotopic (exact) mass is 400 g/mol. The highest BCUT2D eigenvalue weighted by Crippen LogP contribution is 2.39. The lowest BCUT2D eigenvalue weighted by Gasteiger charge is -2.25. The Morgan fingerprint density at radius 2 is 2.10 bits per heavy atom. The van der Waals surface area contributed by atoms with E-state index < -0.39 is 5.97 Å². The van der Waals surface area contributed by atoms with Crippen molar-refractivity contribution in [1.29, 1.82) is 0 Å². The van der Waals surface area contributed by atoms with Gasteiger partial charge in [0.2, 0.25) is 0 Å². The smallest absolute Gasteiger partial charge is 0.306 e. The van der Waals surface area contributed by atoms with Crippen LogP contribution in [-0.4, -0.2) is 25.4 Å². The normalized spacial score (nSPS) is 19.2. The van der Waals surface area contributed by atoms with Gasteiger partial charge < -0.3 is 15.3 Å². The van der Waals surface area contributed by atoms with Crippen LogP contribution in [0.3, 0.4) is 0 Å². The molecular formula is C23H20N4O3. The summed E-state index contributed by atoms with van der Waals surface area (Å²) in [7, 11) is 0. The van der Waals surface area contributed by atoms with Crippen LogP contribution in [0.25, 0.3) is 27.9 Å². The SMILES string of the molecule is C#Cc1cccc2cc(-c3nc([C@H]4CC[C@@H](C(=O)O)CC4)n4ccnc(N)c34)oc12. The number of aromatic nitrogens is 3. The lowest BCUT2D eigenvalue weighted by molar-refractivity contribution is -0.142. The standard InChI is InChI=1S/C23H20N4O3/c1-2-13-4-3-5-16-12-17(30-20(13)16)18-19-21(24)25-10-11-27(19)22(26-18)14-6-8-15(9-7-14)23(28)29/h1,3-5,10-12,14-15H,6-9H2,(H2,24,25)(H,28,29)/t14-,15+. The molecule has 3 N–H and O–H groups in total. The molecule has 0 amide bonds. The first kappa shape index (κ1) is 18.3. The molecule has 0 atom stereocenters. The van der Waals surface area contributed by atoms with Crippen LogP contribution in [0.5, 0.6) is 0 Å². The van der Waals surface area contributed by atoms with E-state index in [9.17, 15) is 9.90 Å². The number of carbonyl (C=O) groups is 1. The average molecular weight is 400 g/mol. The van der Waals surface area contributed by atoms with Gasteiger partial charge in [0.1, 0.15) is 28.4 Å². The predicted octanol–water partition coefficient (Wildman–Crippen LogP) is 4.06. The van der Waals surface area contributed by atoms with Gasteiger partial charge in [-0.25, -0.2) is 9.97 Å². The molecular weight excluding hydrogens is 380 g/mol. The first-order valence-electron chi connectivity index (χ1n) is 9.91. The third-order valence-corrected chi connectivity index (χ3v) is 5.98. The molecule has 0 unspecified atom stereocenters. The molecule has 5 rings (SSSR count). The van der Waals surface area contributed by atoms with Crippen molar-refractivity contribution in [3.63, 3.8) is 0 Å². The highest BCUT2D eigenvalue weighted by atomic mass is 16.4. The molecule has 1 aliphatic carbocycles. The lowest BCUT2D eigenvalue weighted by Crippen LogP contribution is -2.21. The number of carboxylic acids is 1. The van der Waals surface area contributed by atoms with Gasteiger partial charge in [-0.05, 0) is 37.8 Å². The van der Waals surface area contributed by atoms with Crippen LogP contribution in [0.4, 0.5) is 5.82 Å². The second kappa shape index (κ2) is 6.92. The summed E-state index contributed by atoms with van der Waals surface area (Å²) in [5.41, 5.74) is 8.86. The number of rotatable bonds is 3. The maximum atomic E-state index is 11.3. The lowest BCUT2D eigenvalue weighted by atomic mass is 9.81. The van der Waals surface area contributed by atoms with Crippen molar-refractivity contribution in [2.75, 3.05) is 5.73 Å². The molecule has 0 spiro atoms. The van der Waals surface area contributed by atoms with Crippen LogP contribution in [-0.2, 0) is 4.79 Å². The molecule has 150 valence electrons. The van der Waals surface area contributed by atoms with Gasteiger partial charge in [-0.15, -0.1) is 6.42 Å². The number of imidazole rings is 1. The first-order valence-corrected chi connectivity index (χ1v) is 9.91. The summed E-state index contributed by atoms with van der Waals surface area (Å²) in [4.78, 5) is 20.5. The zero-order valence-electron chi connectivity index (χ0n) is 16.2. The van der Waals surface area contributed by atoms with E-state index in [4.69, 9.17) is 21.6 Å². The molecule has 1 fully saturated rings. The highest BCUT2D eigenvalue weighted by molar-refractivity contribution is 5.91. The minimum atomic E-state index is -0.720. The Hall–Kier alpha value is -3.79. The fourth-order valence-electron chi connectivity index (χ4n) is 4.44. The van der Waals surface area contributed by atoms with E-state index in [-0.39, 0.29) is 11.8 Å². The molecule has 7 heteroatoms. The Bertz CT molecular complexity index is 1320. The van der Waals surface area contributed by atoms with Gasteiger partial charge in [0.15, 0.2) is 5.76 Å². The fraction of sp³-hybridized carbons (Fsp3) is 0.261. The molecule has 0 aliphatic heterocycles. The number of hydrogen-bond donors (Lipinski definition) is 2. The van der Waals surface area contributed by atoms with Crippen molar-refractivity contribution in [2.24, 2.45) is 5.92 Å². The van der Waals surface area contributed by atoms with E-state index >= 15 is 0 Å². The molecule has 0 bridgehead atoms. The molecule has 0 radical (unpaired) electrons. The molecule has 1 aromatic carbocycles. The zero-order chi connectivity index (χ0) is 20.8. The van der Waals surface area contributed by atoms with Gasteiger partial charge in [-0.2, -0.15) is 0 Å². The second-order valence-corrected chi connectivity index (χ2v) is 7.72. The van der Waals surface area contributed by atoms with Gasteiger partial charge >= 0.3 is 5.97 Å². The number of nitrogen functional groups attached to an aromatic ring is 1. The number of fused-ring (bicyclic) bond motifs is 2. The minimum absolute atomic E-state index is 0.147. The maximum Gasteiger partial charge on any atom is 0.306 e. The van der Waals surface area contributed by atoms with Crippen LogP contribution >= 0.6 is 0 Å². The number of hydrogen-bond acceptors (Lipinski definition) is 5. The molecule has 1 saturated carbocycles. The molecule has 1 aliphatic rings. The first-order chi connectivity index (χ1) is 14.6. The Kier molecular flexibility index (Phi) is 4.21. The zero-order valence-corrected chi connectivity index (χ0v) is 16.2. The van der Waals surface area contributed by atoms with Crippen molar-refractivity contribution in [2.45, 2.75) is 31.6 Å². The van der Waals surface area contributed by atoms with Gasteiger partial charge in [0.05, 0.1) is 11.5 Å². The van der Waals surface area contributed by atoms with Crippen molar-refractivity contribution in [3.05, 3.63) is 48.0 Å². The van der Waals surface area contributed by atoms with Crippen molar-refractivity contribution in [3.8, 4) is 23.8 Å². The van der Waals surface area contributed by atoms with Crippen LogP contribution in [0.15, 0.2) is 41.1 Å². The third-order valence-electron chi connectivity index (χ3n) is 5.98. The van der Waals surface area contributed by atoms with Crippen LogP contribution in [0.2, 0.25) is 0 Å². The molecule has 30 heavy (non-hydrogen) atoms. The fourth-order valence-corrected chi connectivity index (χ4v) is 4.44. The van der Waals surface area contributed by atoms with Crippen LogP contribution in [0.1, 0.15) is 43.0 Å². The number of nitrogens with two attached hydrogens (primary N) is 1.